The highest BCUT2D eigenvalue weighted by atomic mass is 32.2. The van der Waals surface area contributed by atoms with Crippen molar-refractivity contribution in [1.29, 1.82) is 0 Å². The van der Waals surface area contributed by atoms with E-state index in [4.69, 9.17) is 14.5 Å². The number of nitrogens with zero attached hydrogens (tertiary/aromatic N) is 4. The Hall–Kier alpha value is -3.11. The number of nitrogens with one attached hydrogen (secondary N) is 1. The summed E-state index contributed by atoms with van der Waals surface area (Å²) in [5.74, 6) is 2.68. The average Bonchev–Trinajstić information content (AvgIpc) is 3.33. The first kappa shape index (κ1) is 21.7. The van der Waals surface area contributed by atoms with Gasteiger partial charge in [0.2, 0.25) is 0 Å². The molecule has 1 aliphatic rings. The van der Waals surface area contributed by atoms with Gasteiger partial charge in [-0.3, -0.25) is 9.36 Å². The minimum atomic E-state index is -0.386. The van der Waals surface area contributed by atoms with Gasteiger partial charge in [0.1, 0.15) is 17.3 Å². The van der Waals surface area contributed by atoms with E-state index < -0.39 is 0 Å². The van der Waals surface area contributed by atoms with E-state index in [2.05, 4.69) is 21.8 Å². The zero-order valence-electron chi connectivity index (χ0n) is 18.5. The maximum absolute atomic E-state index is 12.7. The monoisotopic (exact) mass is 481 g/mol. The number of rotatable bonds is 6. The fraction of sp³-hybridized carbons (Fsp3) is 0.304. The third-order valence-corrected chi connectivity index (χ3v) is 7.77. The average molecular weight is 482 g/mol. The van der Waals surface area contributed by atoms with Gasteiger partial charge < -0.3 is 14.5 Å². The van der Waals surface area contributed by atoms with E-state index in [0.29, 0.717) is 41.1 Å². The first-order valence-electron chi connectivity index (χ1n) is 10.5. The van der Waals surface area contributed by atoms with E-state index in [-0.39, 0.29) is 16.9 Å². The second kappa shape index (κ2) is 8.68. The summed E-state index contributed by atoms with van der Waals surface area (Å²) in [5.41, 5.74) is 0.881. The quantitative estimate of drug-likeness (QED) is 0.314. The number of fused-ring (bicyclic) bond motifs is 2. The van der Waals surface area contributed by atoms with Crippen LogP contribution < -0.4 is 15.0 Å². The molecule has 0 amide bonds. The van der Waals surface area contributed by atoms with Crippen LogP contribution in [0.1, 0.15) is 40.4 Å². The van der Waals surface area contributed by atoms with Crippen molar-refractivity contribution in [1.82, 2.24) is 24.7 Å². The molecule has 3 aromatic heterocycles. The molecular formula is C23H23N5O3S2. The normalized spacial score (nSPS) is 16.2. The van der Waals surface area contributed by atoms with Crippen molar-refractivity contribution in [2.24, 2.45) is 0 Å². The van der Waals surface area contributed by atoms with E-state index in [1.54, 1.807) is 17.4 Å². The molecule has 2 atom stereocenters. The third kappa shape index (κ3) is 3.93. The van der Waals surface area contributed by atoms with Crippen LogP contribution in [-0.2, 0) is 6.54 Å². The van der Waals surface area contributed by atoms with Crippen molar-refractivity contribution in [2.75, 3.05) is 6.61 Å². The number of para-hydroxylation sites is 2. The largest absolute Gasteiger partial charge is 0.485 e. The van der Waals surface area contributed by atoms with Gasteiger partial charge in [-0.25, -0.2) is 4.98 Å². The van der Waals surface area contributed by atoms with Crippen LogP contribution in [0.5, 0.6) is 11.5 Å². The Kier molecular flexibility index (Phi) is 5.71. The van der Waals surface area contributed by atoms with Crippen LogP contribution in [0.3, 0.4) is 0 Å². The number of ether oxygens (including phenoxy) is 2. The Morgan fingerprint density at radius 1 is 1.33 bits per heavy atom. The lowest BCUT2D eigenvalue weighted by Gasteiger charge is -2.26. The van der Waals surface area contributed by atoms with Crippen LogP contribution in [0.25, 0.3) is 10.2 Å². The zero-order chi connectivity index (χ0) is 23.1. The van der Waals surface area contributed by atoms with Crippen LogP contribution in [0.4, 0.5) is 0 Å². The Bertz CT molecular complexity index is 1410. The lowest BCUT2D eigenvalue weighted by Crippen LogP contribution is -2.25. The molecule has 1 aliphatic heterocycles. The van der Waals surface area contributed by atoms with Gasteiger partial charge in [0.15, 0.2) is 28.6 Å². The minimum Gasteiger partial charge on any atom is -0.485 e. The molecule has 0 radical (unpaired) electrons. The summed E-state index contributed by atoms with van der Waals surface area (Å²) >= 11 is 3.02. The second-order valence-corrected chi connectivity index (χ2v) is 10.3. The molecule has 8 nitrogen and oxygen atoms in total. The van der Waals surface area contributed by atoms with Gasteiger partial charge in [0.25, 0.3) is 5.56 Å². The first-order valence-corrected chi connectivity index (χ1v) is 12.2. The van der Waals surface area contributed by atoms with E-state index in [9.17, 15) is 4.79 Å². The predicted molar refractivity (Wildman–Crippen MR) is 130 cm³/mol. The van der Waals surface area contributed by atoms with Gasteiger partial charge in [-0.05, 0) is 38.5 Å². The van der Waals surface area contributed by atoms with Crippen molar-refractivity contribution < 1.29 is 9.47 Å². The number of thiophene rings is 1. The molecule has 33 heavy (non-hydrogen) atoms. The zero-order valence-corrected chi connectivity index (χ0v) is 20.1. The van der Waals surface area contributed by atoms with Gasteiger partial charge in [-0.2, -0.15) is 0 Å². The molecule has 5 rings (SSSR count). The molecule has 0 aliphatic carbocycles. The molecule has 0 spiro atoms. The highest BCUT2D eigenvalue weighted by Gasteiger charge is 2.29. The van der Waals surface area contributed by atoms with Gasteiger partial charge in [-0.1, -0.05) is 30.0 Å². The van der Waals surface area contributed by atoms with Crippen molar-refractivity contribution in [3.05, 3.63) is 69.4 Å². The Labute approximate surface area is 198 Å². The van der Waals surface area contributed by atoms with Crippen LogP contribution >= 0.6 is 23.1 Å². The van der Waals surface area contributed by atoms with Crippen molar-refractivity contribution in [3.63, 3.8) is 0 Å². The molecule has 1 aromatic carbocycles. The number of benzene rings is 1. The molecule has 10 heteroatoms. The number of allylic oxidation sites excluding steroid dienone is 1. The van der Waals surface area contributed by atoms with Crippen molar-refractivity contribution in [2.45, 2.75) is 43.8 Å². The molecule has 0 fully saturated rings. The summed E-state index contributed by atoms with van der Waals surface area (Å²) in [6.07, 6.45) is 1.41. The van der Waals surface area contributed by atoms with Crippen molar-refractivity contribution >= 4 is 33.3 Å². The van der Waals surface area contributed by atoms with Crippen LogP contribution in [0, 0.1) is 13.8 Å². The summed E-state index contributed by atoms with van der Waals surface area (Å²) in [7, 11) is 0. The standard InChI is InChI=1S/C23H23N5O3S2/c1-5-10-28-20(17-11-30-15-8-6-7-9-16(15)31-17)26-27-23(28)33-14(4)19-24-21(29)18-12(2)13(3)32-22(18)25-19/h5-9,14,17H,1,10-11H2,2-4H3,(H,24,25,29)/t14-,17-/m1/s1. The summed E-state index contributed by atoms with van der Waals surface area (Å²) < 4.78 is 14.0. The van der Waals surface area contributed by atoms with Gasteiger partial charge in [0, 0.05) is 11.4 Å². The number of thioether (sulfide) groups is 1. The van der Waals surface area contributed by atoms with Crippen LogP contribution in [-0.4, -0.2) is 31.3 Å². The molecule has 4 heterocycles. The molecule has 0 saturated carbocycles. The number of H-pyrrole nitrogens is 1. The summed E-state index contributed by atoms with van der Waals surface area (Å²) in [6.45, 7) is 10.7. The highest BCUT2D eigenvalue weighted by Crippen LogP contribution is 2.38. The minimum absolute atomic E-state index is 0.107. The van der Waals surface area contributed by atoms with Crippen LogP contribution in [0.2, 0.25) is 0 Å². The maximum atomic E-state index is 12.7. The fourth-order valence-electron chi connectivity index (χ4n) is 3.75. The molecule has 0 bridgehead atoms. The topological polar surface area (TPSA) is 94.9 Å². The van der Waals surface area contributed by atoms with Gasteiger partial charge in [-0.15, -0.1) is 28.1 Å². The second-order valence-electron chi connectivity index (χ2n) is 7.78. The van der Waals surface area contributed by atoms with Crippen LogP contribution in [0.15, 0.2) is 46.9 Å². The maximum Gasteiger partial charge on any atom is 0.259 e. The van der Waals surface area contributed by atoms with Crippen molar-refractivity contribution in [3.8, 4) is 11.5 Å². The number of hydrogen-bond acceptors (Lipinski definition) is 8. The lowest BCUT2D eigenvalue weighted by atomic mass is 10.2. The SMILES string of the molecule is C=CCn1c(S[C@H](C)c2nc3sc(C)c(C)c3c(=O)[nH]2)nnc1[C@H]1COc2ccccc2O1. The van der Waals surface area contributed by atoms with E-state index in [1.165, 1.54) is 11.8 Å². The summed E-state index contributed by atoms with van der Waals surface area (Å²) in [6, 6.07) is 7.57. The molecular weight excluding hydrogens is 458 g/mol. The molecule has 4 aromatic rings. The fourth-order valence-corrected chi connectivity index (χ4v) is 5.71. The Morgan fingerprint density at radius 3 is 2.91 bits per heavy atom. The van der Waals surface area contributed by atoms with E-state index in [0.717, 1.165) is 21.0 Å². The highest BCUT2D eigenvalue weighted by molar-refractivity contribution is 7.99. The number of hydrogen-bond donors (Lipinski definition) is 1. The Morgan fingerprint density at radius 2 is 2.12 bits per heavy atom. The van der Waals surface area contributed by atoms with E-state index in [1.807, 2.05) is 49.6 Å². The van der Waals surface area contributed by atoms with E-state index >= 15 is 0 Å². The molecule has 0 unspecified atom stereocenters. The first-order chi connectivity index (χ1) is 16.0. The smallest absolute Gasteiger partial charge is 0.259 e. The lowest BCUT2D eigenvalue weighted by molar-refractivity contribution is 0.0821. The third-order valence-electron chi connectivity index (χ3n) is 5.58. The molecule has 170 valence electrons. The summed E-state index contributed by atoms with van der Waals surface area (Å²) in [5, 5.41) is 10.0. The summed E-state index contributed by atoms with van der Waals surface area (Å²) in [4.78, 5) is 22.2. The molecule has 0 saturated heterocycles. The number of aromatic amines is 1. The molecule has 1 N–H and O–H groups in total. The predicted octanol–water partition coefficient (Wildman–Crippen LogP) is 4.74. The van der Waals surface area contributed by atoms with Gasteiger partial charge >= 0.3 is 0 Å². The number of aromatic nitrogens is 5. The Balaban J connectivity index is 1.43. The van der Waals surface area contributed by atoms with Gasteiger partial charge in [0.05, 0.1) is 10.6 Å². The number of aryl methyl sites for hydroxylation is 2.